The standard InChI is InChI=1S/C11H18N2O6/c1-2-3-5-19-6-4-12-11(18)13(7-9(14)15)8-10(16)17/h2H,1,3-8H2,(H,12,18)(H,14,15)(H,16,17). The van der Waals surface area contributed by atoms with Gasteiger partial charge in [-0.1, -0.05) is 6.08 Å². The van der Waals surface area contributed by atoms with Gasteiger partial charge in [0.15, 0.2) is 0 Å². The SMILES string of the molecule is C=CCCOCCNC(=O)N(CC(=O)O)CC(=O)O. The Hall–Kier alpha value is -2.09. The van der Waals surface area contributed by atoms with Gasteiger partial charge in [0.2, 0.25) is 0 Å². The molecule has 0 aromatic carbocycles. The molecule has 0 bridgehead atoms. The van der Waals surface area contributed by atoms with Gasteiger partial charge in [0.1, 0.15) is 13.1 Å². The Morgan fingerprint density at radius 1 is 1.16 bits per heavy atom. The molecule has 8 heteroatoms. The lowest BCUT2D eigenvalue weighted by molar-refractivity contribution is -0.140. The number of hydrogen-bond donors (Lipinski definition) is 3. The van der Waals surface area contributed by atoms with Gasteiger partial charge in [0, 0.05) is 6.54 Å². The minimum Gasteiger partial charge on any atom is -0.480 e. The highest BCUT2D eigenvalue weighted by molar-refractivity contribution is 5.84. The summed E-state index contributed by atoms with van der Waals surface area (Å²) in [5, 5.41) is 19.5. The zero-order valence-electron chi connectivity index (χ0n) is 10.5. The number of nitrogens with one attached hydrogen (secondary N) is 1. The predicted molar refractivity (Wildman–Crippen MR) is 65.9 cm³/mol. The van der Waals surface area contributed by atoms with E-state index in [1.54, 1.807) is 6.08 Å². The van der Waals surface area contributed by atoms with E-state index in [9.17, 15) is 14.4 Å². The summed E-state index contributed by atoms with van der Waals surface area (Å²) in [5.74, 6) is -2.56. The van der Waals surface area contributed by atoms with Crippen molar-refractivity contribution in [1.29, 1.82) is 0 Å². The van der Waals surface area contributed by atoms with Gasteiger partial charge < -0.3 is 25.2 Å². The van der Waals surface area contributed by atoms with E-state index in [1.165, 1.54) is 0 Å². The molecule has 0 spiro atoms. The highest BCUT2D eigenvalue weighted by atomic mass is 16.5. The minimum atomic E-state index is -1.28. The third-order valence-corrected chi connectivity index (χ3v) is 1.93. The van der Waals surface area contributed by atoms with Gasteiger partial charge in [-0.15, -0.1) is 6.58 Å². The fourth-order valence-electron chi connectivity index (χ4n) is 1.14. The van der Waals surface area contributed by atoms with Crippen molar-refractivity contribution in [3.63, 3.8) is 0 Å². The largest absolute Gasteiger partial charge is 0.480 e. The molecule has 0 heterocycles. The van der Waals surface area contributed by atoms with E-state index in [-0.39, 0.29) is 13.2 Å². The minimum absolute atomic E-state index is 0.172. The lowest BCUT2D eigenvalue weighted by atomic mass is 10.4. The molecule has 0 aromatic rings. The lowest BCUT2D eigenvalue weighted by Gasteiger charge is -2.18. The summed E-state index contributed by atoms with van der Waals surface area (Å²) in [5.41, 5.74) is 0. The van der Waals surface area contributed by atoms with Gasteiger partial charge in [-0.05, 0) is 6.42 Å². The highest BCUT2D eigenvalue weighted by Crippen LogP contribution is 1.90. The Morgan fingerprint density at radius 3 is 2.21 bits per heavy atom. The van der Waals surface area contributed by atoms with Crippen LogP contribution >= 0.6 is 0 Å². The van der Waals surface area contributed by atoms with Gasteiger partial charge in [0.25, 0.3) is 0 Å². The molecule has 0 aliphatic rings. The van der Waals surface area contributed by atoms with E-state index in [1.807, 2.05) is 0 Å². The first-order valence-corrected chi connectivity index (χ1v) is 5.62. The summed E-state index contributed by atoms with van der Waals surface area (Å²) in [4.78, 5) is 33.2. The second kappa shape index (κ2) is 9.89. The van der Waals surface area contributed by atoms with Gasteiger partial charge >= 0.3 is 18.0 Å². The number of aliphatic carboxylic acids is 2. The van der Waals surface area contributed by atoms with E-state index in [4.69, 9.17) is 14.9 Å². The number of rotatable bonds is 10. The Balaban J connectivity index is 3.99. The van der Waals surface area contributed by atoms with Gasteiger partial charge in [-0.2, -0.15) is 0 Å². The molecular formula is C11H18N2O6. The number of carbonyl (C=O) groups excluding carboxylic acids is 1. The average Bonchev–Trinajstić information content (AvgIpc) is 2.31. The smallest absolute Gasteiger partial charge is 0.323 e. The number of hydrogen-bond acceptors (Lipinski definition) is 4. The van der Waals surface area contributed by atoms with Crippen LogP contribution in [0.15, 0.2) is 12.7 Å². The molecule has 0 aliphatic carbocycles. The third kappa shape index (κ3) is 9.60. The highest BCUT2D eigenvalue weighted by Gasteiger charge is 2.18. The topological polar surface area (TPSA) is 116 Å². The van der Waals surface area contributed by atoms with Crippen LogP contribution in [0, 0.1) is 0 Å². The molecule has 0 atom stereocenters. The van der Waals surface area contributed by atoms with Gasteiger partial charge in [0.05, 0.1) is 13.2 Å². The predicted octanol–water partition coefficient (Wildman–Crippen LogP) is -0.240. The van der Waals surface area contributed by atoms with Gasteiger partial charge in [-0.3, -0.25) is 9.59 Å². The van der Waals surface area contributed by atoms with Crippen molar-refractivity contribution in [1.82, 2.24) is 10.2 Å². The molecule has 108 valence electrons. The summed E-state index contributed by atoms with van der Waals surface area (Å²) in [7, 11) is 0. The van der Waals surface area contributed by atoms with Crippen molar-refractivity contribution in [3.8, 4) is 0 Å². The zero-order chi connectivity index (χ0) is 14.7. The quantitative estimate of drug-likeness (QED) is 0.374. The molecular weight excluding hydrogens is 256 g/mol. The molecule has 19 heavy (non-hydrogen) atoms. The van der Waals surface area contributed by atoms with Crippen LogP contribution in [0.1, 0.15) is 6.42 Å². The van der Waals surface area contributed by atoms with Crippen molar-refractivity contribution in [2.75, 3.05) is 32.8 Å². The second-order valence-corrected chi connectivity index (χ2v) is 3.57. The fourth-order valence-corrected chi connectivity index (χ4v) is 1.14. The number of urea groups is 1. The molecule has 3 N–H and O–H groups in total. The van der Waals surface area contributed by atoms with Gasteiger partial charge in [-0.25, -0.2) is 4.79 Å². The van der Waals surface area contributed by atoms with E-state index < -0.39 is 31.1 Å². The number of amides is 2. The summed E-state index contributed by atoms with van der Waals surface area (Å²) < 4.78 is 5.13. The van der Waals surface area contributed by atoms with Crippen LogP contribution in [-0.4, -0.2) is 65.9 Å². The number of nitrogens with zero attached hydrogens (tertiary/aromatic N) is 1. The Morgan fingerprint density at radius 2 is 1.74 bits per heavy atom. The van der Waals surface area contributed by atoms with E-state index >= 15 is 0 Å². The summed E-state index contributed by atoms with van der Waals surface area (Å²) >= 11 is 0. The number of carboxylic acid groups (broad SMARTS) is 2. The molecule has 0 saturated carbocycles. The maximum Gasteiger partial charge on any atom is 0.323 e. The van der Waals surface area contributed by atoms with Crippen LogP contribution in [0.2, 0.25) is 0 Å². The van der Waals surface area contributed by atoms with Crippen molar-refractivity contribution >= 4 is 18.0 Å². The maximum absolute atomic E-state index is 11.5. The first-order valence-electron chi connectivity index (χ1n) is 5.62. The normalized spacial score (nSPS) is 9.68. The van der Waals surface area contributed by atoms with Crippen LogP contribution in [0.4, 0.5) is 4.79 Å². The van der Waals surface area contributed by atoms with Crippen LogP contribution in [0.25, 0.3) is 0 Å². The average molecular weight is 274 g/mol. The Kier molecular flexibility index (Phi) is 8.80. The number of carboxylic acids is 2. The number of ether oxygens (including phenoxy) is 1. The van der Waals surface area contributed by atoms with E-state index in [0.717, 1.165) is 0 Å². The van der Waals surface area contributed by atoms with Crippen LogP contribution in [-0.2, 0) is 14.3 Å². The molecule has 0 radical (unpaired) electrons. The van der Waals surface area contributed by atoms with Crippen LogP contribution in [0.5, 0.6) is 0 Å². The van der Waals surface area contributed by atoms with Crippen molar-refractivity contribution < 1.29 is 29.3 Å². The van der Waals surface area contributed by atoms with E-state index in [2.05, 4.69) is 11.9 Å². The maximum atomic E-state index is 11.5. The molecule has 0 rings (SSSR count). The van der Waals surface area contributed by atoms with Crippen LogP contribution in [0.3, 0.4) is 0 Å². The Labute approximate surface area is 110 Å². The second-order valence-electron chi connectivity index (χ2n) is 3.57. The molecule has 0 unspecified atom stereocenters. The first-order chi connectivity index (χ1) is 8.97. The first kappa shape index (κ1) is 16.9. The Bertz CT molecular complexity index is 315. The van der Waals surface area contributed by atoms with Crippen molar-refractivity contribution in [2.24, 2.45) is 0 Å². The molecule has 0 saturated heterocycles. The lowest BCUT2D eigenvalue weighted by Crippen LogP contribution is -2.46. The summed E-state index contributed by atoms with van der Waals surface area (Å²) in [6, 6.07) is -0.753. The monoisotopic (exact) mass is 274 g/mol. The third-order valence-electron chi connectivity index (χ3n) is 1.93. The molecule has 0 aliphatic heterocycles. The van der Waals surface area contributed by atoms with Crippen LogP contribution < -0.4 is 5.32 Å². The molecule has 0 fully saturated rings. The molecule has 8 nitrogen and oxygen atoms in total. The molecule has 0 aromatic heterocycles. The summed E-state index contributed by atoms with van der Waals surface area (Å²) in [6.07, 6.45) is 2.39. The summed E-state index contributed by atoms with van der Waals surface area (Å²) in [6.45, 7) is 3.08. The zero-order valence-corrected chi connectivity index (χ0v) is 10.5. The number of carbonyl (C=O) groups is 3. The van der Waals surface area contributed by atoms with Crippen molar-refractivity contribution in [3.05, 3.63) is 12.7 Å². The van der Waals surface area contributed by atoms with E-state index in [0.29, 0.717) is 17.9 Å². The molecule has 2 amide bonds. The fraction of sp³-hybridized carbons (Fsp3) is 0.545. The van der Waals surface area contributed by atoms with Crippen molar-refractivity contribution in [2.45, 2.75) is 6.42 Å².